The molecule has 0 aromatic carbocycles. The second kappa shape index (κ2) is 4.82. The smallest absolute Gasteiger partial charge is 0.338 e. The maximum absolute atomic E-state index is 11.8. The van der Waals surface area contributed by atoms with Crippen molar-refractivity contribution in [3.05, 3.63) is 29.6 Å². The number of hydrogen-bond donors (Lipinski definition) is 2. The first kappa shape index (κ1) is 12.0. The third kappa shape index (κ3) is 2.29. The van der Waals surface area contributed by atoms with E-state index in [4.69, 9.17) is 5.11 Å². The van der Waals surface area contributed by atoms with Gasteiger partial charge in [0, 0.05) is 12.6 Å². The average Bonchev–Trinajstić information content (AvgIpc) is 2.75. The van der Waals surface area contributed by atoms with Crippen LogP contribution in [-0.2, 0) is 9.53 Å². The maximum Gasteiger partial charge on any atom is 0.338 e. The topological polar surface area (TPSA) is 106 Å². The lowest BCUT2D eigenvalue weighted by atomic mass is 10.1. The van der Waals surface area contributed by atoms with Gasteiger partial charge in [0.1, 0.15) is 11.7 Å². The van der Waals surface area contributed by atoms with Crippen molar-refractivity contribution in [2.75, 3.05) is 6.61 Å². The fourth-order valence-corrected chi connectivity index (χ4v) is 1.61. The SMILES string of the molecule is O=C(O)c1cccnc1C(=O)NC1CCOC1=O. The third-order valence-electron chi connectivity index (χ3n) is 2.49. The lowest BCUT2D eigenvalue weighted by Gasteiger charge is -2.09. The zero-order valence-corrected chi connectivity index (χ0v) is 9.25. The number of esters is 1. The highest BCUT2D eigenvalue weighted by Crippen LogP contribution is 2.09. The Kier molecular flexibility index (Phi) is 3.22. The molecular formula is C11H10N2O5. The number of aromatic nitrogens is 1. The highest BCUT2D eigenvalue weighted by molar-refractivity contribution is 6.04. The van der Waals surface area contributed by atoms with Crippen LogP contribution in [0.4, 0.5) is 0 Å². The highest BCUT2D eigenvalue weighted by atomic mass is 16.5. The number of cyclic esters (lactones) is 1. The van der Waals surface area contributed by atoms with Gasteiger partial charge in [0.2, 0.25) is 0 Å². The summed E-state index contributed by atoms with van der Waals surface area (Å²) in [6.07, 6.45) is 1.69. The van der Waals surface area contributed by atoms with Crippen molar-refractivity contribution in [3.8, 4) is 0 Å². The van der Waals surface area contributed by atoms with E-state index in [2.05, 4.69) is 15.0 Å². The van der Waals surface area contributed by atoms with Crippen LogP contribution in [0.3, 0.4) is 0 Å². The summed E-state index contributed by atoms with van der Waals surface area (Å²) >= 11 is 0. The van der Waals surface area contributed by atoms with E-state index < -0.39 is 23.9 Å². The van der Waals surface area contributed by atoms with Gasteiger partial charge in [0.25, 0.3) is 5.91 Å². The van der Waals surface area contributed by atoms with E-state index >= 15 is 0 Å². The predicted molar refractivity (Wildman–Crippen MR) is 58.0 cm³/mol. The van der Waals surface area contributed by atoms with Gasteiger partial charge in [-0.1, -0.05) is 0 Å². The van der Waals surface area contributed by atoms with Crippen molar-refractivity contribution < 1.29 is 24.2 Å². The summed E-state index contributed by atoms with van der Waals surface area (Å²) in [7, 11) is 0. The molecule has 1 aliphatic rings. The molecule has 1 aromatic heterocycles. The standard InChI is InChI=1S/C11H10N2O5/c14-9(13-7-3-5-18-11(7)17)8-6(10(15)16)2-1-4-12-8/h1-2,4,7H,3,5H2,(H,13,14)(H,15,16). The zero-order chi connectivity index (χ0) is 13.1. The summed E-state index contributed by atoms with van der Waals surface area (Å²) in [4.78, 5) is 37.7. The Morgan fingerprint density at radius 2 is 2.28 bits per heavy atom. The van der Waals surface area contributed by atoms with E-state index in [1.54, 1.807) is 0 Å². The van der Waals surface area contributed by atoms with Crippen molar-refractivity contribution in [2.45, 2.75) is 12.5 Å². The first-order valence-corrected chi connectivity index (χ1v) is 5.25. The lowest BCUT2D eigenvalue weighted by Crippen LogP contribution is -2.39. The molecule has 1 aromatic rings. The van der Waals surface area contributed by atoms with Crippen molar-refractivity contribution in [2.24, 2.45) is 0 Å². The Balaban J connectivity index is 2.18. The molecule has 0 aliphatic carbocycles. The number of amides is 1. The van der Waals surface area contributed by atoms with Crippen molar-refractivity contribution in [1.82, 2.24) is 10.3 Å². The largest absolute Gasteiger partial charge is 0.478 e. The van der Waals surface area contributed by atoms with Crippen molar-refractivity contribution in [3.63, 3.8) is 0 Å². The maximum atomic E-state index is 11.8. The summed E-state index contributed by atoms with van der Waals surface area (Å²) < 4.78 is 4.69. The normalized spacial score (nSPS) is 18.2. The Labute approximate surface area is 102 Å². The van der Waals surface area contributed by atoms with E-state index in [1.165, 1.54) is 18.3 Å². The zero-order valence-electron chi connectivity index (χ0n) is 9.25. The molecule has 1 atom stereocenters. The minimum Gasteiger partial charge on any atom is -0.478 e. The quantitative estimate of drug-likeness (QED) is 0.721. The summed E-state index contributed by atoms with van der Waals surface area (Å²) in [5.74, 6) is -2.46. The number of carboxylic acid groups (broad SMARTS) is 1. The minimum atomic E-state index is -1.25. The molecule has 0 radical (unpaired) electrons. The molecule has 1 unspecified atom stereocenters. The Hall–Kier alpha value is -2.44. The van der Waals surface area contributed by atoms with Crippen LogP contribution in [0.25, 0.3) is 0 Å². The molecule has 1 fully saturated rings. The molecule has 2 heterocycles. The van der Waals surface area contributed by atoms with Crippen molar-refractivity contribution in [1.29, 1.82) is 0 Å². The molecule has 1 saturated heterocycles. The summed E-state index contributed by atoms with van der Waals surface area (Å²) in [6, 6.07) is 1.96. The second-order valence-corrected chi connectivity index (χ2v) is 3.69. The predicted octanol–water partition coefficient (Wildman–Crippen LogP) is -0.175. The number of nitrogens with one attached hydrogen (secondary N) is 1. The van der Waals surface area contributed by atoms with Gasteiger partial charge in [0.15, 0.2) is 0 Å². The number of carbonyl (C=O) groups excluding carboxylic acids is 2. The van der Waals surface area contributed by atoms with Gasteiger partial charge in [-0.25, -0.2) is 9.59 Å². The number of carboxylic acids is 1. The number of carbonyl (C=O) groups is 3. The van der Waals surface area contributed by atoms with E-state index in [1.807, 2.05) is 0 Å². The number of pyridine rings is 1. The van der Waals surface area contributed by atoms with Crippen LogP contribution in [0.5, 0.6) is 0 Å². The van der Waals surface area contributed by atoms with Crippen LogP contribution in [0.1, 0.15) is 27.3 Å². The number of aromatic carboxylic acids is 1. The highest BCUT2D eigenvalue weighted by Gasteiger charge is 2.29. The molecule has 1 amide bonds. The lowest BCUT2D eigenvalue weighted by molar-refractivity contribution is -0.139. The summed E-state index contributed by atoms with van der Waals surface area (Å²) in [5.41, 5.74) is -0.425. The van der Waals surface area contributed by atoms with Gasteiger partial charge < -0.3 is 15.2 Å². The van der Waals surface area contributed by atoms with Crippen LogP contribution in [0.15, 0.2) is 18.3 Å². The Bertz CT molecular complexity index is 514. The fraction of sp³-hybridized carbons (Fsp3) is 0.273. The van der Waals surface area contributed by atoms with E-state index in [9.17, 15) is 14.4 Å². The van der Waals surface area contributed by atoms with Crippen LogP contribution in [-0.4, -0.2) is 40.6 Å². The van der Waals surface area contributed by atoms with E-state index in [-0.39, 0.29) is 17.9 Å². The monoisotopic (exact) mass is 250 g/mol. The molecular weight excluding hydrogens is 240 g/mol. The van der Waals surface area contributed by atoms with Crippen LogP contribution < -0.4 is 5.32 Å². The second-order valence-electron chi connectivity index (χ2n) is 3.69. The molecule has 1 aliphatic heterocycles. The Morgan fingerprint density at radius 1 is 1.50 bits per heavy atom. The van der Waals surface area contributed by atoms with Gasteiger partial charge in [0.05, 0.1) is 12.2 Å². The van der Waals surface area contributed by atoms with Crippen LogP contribution >= 0.6 is 0 Å². The molecule has 0 saturated carbocycles. The molecule has 0 spiro atoms. The van der Waals surface area contributed by atoms with Crippen LogP contribution in [0, 0.1) is 0 Å². The number of hydrogen-bond acceptors (Lipinski definition) is 5. The molecule has 2 rings (SSSR count). The first-order chi connectivity index (χ1) is 8.59. The van der Waals surface area contributed by atoms with Gasteiger partial charge >= 0.3 is 11.9 Å². The summed E-state index contributed by atoms with van der Waals surface area (Å²) in [5, 5.41) is 11.3. The van der Waals surface area contributed by atoms with Gasteiger partial charge in [-0.15, -0.1) is 0 Å². The number of rotatable bonds is 3. The molecule has 18 heavy (non-hydrogen) atoms. The number of nitrogens with zero attached hydrogens (tertiary/aromatic N) is 1. The fourth-order valence-electron chi connectivity index (χ4n) is 1.61. The van der Waals surface area contributed by atoms with Crippen LogP contribution in [0.2, 0.25) is 0 Å². The van der Waals surface area contributed by atoms with E-state index in [0.29, 0.717) is 6.42 Å². The third-order valence-corrected chi connectivity index (χ3v) is 2.49. The number of ether oxygens (including phenoxy) is 1. The molecule has 0 bridgehead atoms. The Morgan fingerprint density at radius 3 is 2.89 bits per heavy atom. The molecule has 94 valence electrons. The van der Waals surface area contributed by atoms with Crippen molar-refractivity contribution >= 4 is 17.8 Å². The first-order valence-electron chi connectivity index (χ1n) is 5.25. The average molecular weight is 250 g/mol. The van der Waals surface area contributed by atoms with Gasteiger partial charge in [-0.05, 0) is 12.1 Å². The van der Waals surface area contributed by atoms with Gasteiger partial charge in [-0.2, -0.15) is 0 Å². The summed E-state index contributed by atoms with van der Waals surface area (Å²) in [6.45, 7) is 0.248. The van der Waals surface area contributed by atoms with E-state index in [0.717, 1.165) is 0 Å². The minimum absolute atomic E-state index is 0.207. The molecule has 2 N–H and O–H groups in total. The van der Waals surface area contributed by atoms with Gasteiger partial charge in [-0.3, -0.25) is 9.78 Å². The molecule has 7 heteroatoms. The molecule has 7 nitrogen and oxygen atoms in total.